The molecule has 9 nitrogen and oxygen atoms in total. The van der Waals surface area contributed by atoms with Crippen molar-refractivity contribution in [2.24, 2.45) is 5.92 Å². The zero-order chi connectivity index (χ0) is 27.0. The van der Waals surface area contributed by atoms with Gasteiger partial charge < -0.3 is 24.7 Å². The normalized spacial score (nSPS) is 26.4. The summed E-state index contributed by atoms with van der Waals surface area (Å²) in [5, 5.41) is 16.4. The molecule has 2 aliphatic carbocycles. The van der Waals surface area contributed by atoms with E-state index in [4.69, 9.17) is 9.68 Å². The van der Waals surface area contributed by atoms with E-state index in [9.17, 15) is 13.2 Å². The molecule has 204 valence electrons. The lowest BCUT2D eigenvalue weighted by Gasteiger charge is -2.39. The summed E-state index contributed by atoms with van der Waals surface area (Å²) in [5.74, 6) is 1.44. The molecule has 12 heteroatoms. The number of oxazole rings is 1. The fourth-order valence-electron chi connectivity index (χ4n) is 6.19. The molecule has 2 saturated carbocycles. The number of anilines is 2. The number of benzene rings is 1. The minimum Gasteiger partial charge on any atom is -0.424 e. The van der Waals surface area contributed by atoms with Crippen LogP contribution in [0, 0.1) is 17.2 Å². The van der Waals surface area contributed by atoms with E-state index in [2.05, 4.69) is 41.3 Å². The SMILES string of the molecule is N#Cc1cnc(N2C[C@@H]3C[C@H](N[C@@H]4CCCC[C@H]4Nc4ncc(-c5ccc(OC(F)(F)F)cc5)o4)[C@H]2C3)nc1. The Morgan fingerprint density at radius 3 is 2.41 bits per heavy atom. The summed E-state index contributed by atoms with van der Waals surface area (Å²) in [6.07, 6.45) is 6.45. The minimum atomic E-state index is -4.73. The van der Waals surface area contributed by atoms with Crippen LogP contribution >= 0.6 is 0 Å². The molecule has 39 heavy (non-hydrogen) atoms. The van der Waals surface area contributed by atoms with Crippen molar-refractivity contribution in [1.82, 2.24) is 20.3 Å². The number of halogens is 3. The molecule has 6 rings (SSSR count). The van der Waals surface area contributed by atoms with Gasteiger partial charge in [-0.15, -0.1) is 13.2 Å². The molecular formula is C27H28F3N7O2. The molecule has 0 amide bonds. The van der Waals surface area contributed by atoms with Gasteiger partial charge in [-0.2, -0.15) is 5.26 Å². The Labute approximate surface area is 223 Å². The summed E-state index contributed by atoms with van der Waals surface area (Å²) in [6, 6.07) is 8.97. The average Bonchev–Trinajstić information content (AvgIpc) is 3.66. The zero-order valence-corrected chi connectivity index (χ0v) is 21.1. The van der Waals surface area contributed by atoms with Gasteiger partial charge in [-0.05, 0) is 55.9 Å². The second-order valence-corrected chi connectivity index (χ2v) is 10.5. The van der Waals surface area contributed by atoms with Crippen molar-refractivity contribution >= 4 is 12.0 Å². The van der Waals surface area contributed by atoms with Crippen molar-refractivity contribution in [2.75, 3.05) is 16.8 Å². The third-order valence-corrected chi connectivity index (χ3v) is 7.89. The number of hydrogen-bond acceptors (Lipinski definition) is 9. The highest BCUT2D eigenvalue weighted by molar-refractivity contribution is 5.58. The molecule has 0 spiro atoms. The molecule has 5 atom stereocenters. The van der Waals surface area contributed by atoms with Crippen LogP contribution in [0.25, 0.3) is 11.3 Å². The summed E-state index contributed by atoms with van der Waals surface area (Å²) < 4.78 is 47.2. The molecule has 3 aliphatic rings. The number of rotatable bonds is 7. The Hall–Kier alpha value is -3.85. The monoisotopic (exact) mass is 539 g/mol. The first-order valence-corrected chi connectivity index (χ1v) is 13.2. The van der Waals surface area contributed by atoms with Gasteiger partial charge in [0.25, 0.3) is 6.01 Å². The Kier molecular flexibility index (Phi) is 6.76. The number of hydrogen-bond donors (Lipinski definition) is 2. The van der Waals surface area contributed by atoms with E-state index in [0.29, 0.717) is 46.9 Å². The van der Waals surface area contributed by atoms with Gasteiger partial charge >= 0.3 is 6.36 Å². The van der Waals surface area contributed by atoms with Gasteiger partial charge in [-0.25, -0.2) is 15.0 Å². The van der Waals surface area contributed by atoms with Crippen LogP contribution in [0.5, 0.6) is 5.75 Å². The van der Waals surface area contributed by atoms with Crippen molar-refractivity contribution in [3.63, 3.8) is 0 Å². The molecular weight excluding hydrogens is 511 g/mol. The van der Waals surface area contributed by atoms with Gasteiger partial charge in [-0.3, -0.25) is 0 Å². The van der Waals surface area contributed by atoms with Crippen LogP contribution in [-0.4, -0.2) is 52.0 Å². The second-order valence-electron chi connectivity index (χ2n) is 10.5. The van der Waals surface area contributed by atoms with Crippen LogP contribution in [0.3, 0.4) is 0 Å². The Morgan fingerprint density at radius 1 is 0.974 bits per heavy atom. The van der Waals surface area contributed by atoms with Crippen LogP contribution in [-0.2, 0) is 0 Å². The number of nitriles is 1. The Bertz CT molecular complexity index is 1320. The summed E-state index contributed by atoms with van der Waals surface area (Å²) >= 11 is 0. The van der Waals surface area contributed by atoms with Gasteiger partial charge in [0, 0.05) is 36.3 Å². The van der Waals surface area contributed by atoms with Crippen molar-refractivity contribution in [2.45, 2.75) is 69.1 Å². The second kappa shape index (κ2) is 10.4. The minimum absolute atomic E-state index is 0.131. The maximum absolute atomic E-state index is 12.4. The predicted molar refractivity (Wildman–Crippen MR) is 136 cm³/mol. The van der Waals surface area contributed by atoms with Crippen LogP contribution in [0.4, 0.5) is 25.1 Å². The summed E-state index contributed by atoms with van der Waals surface area (Å²) in [5.41, 5.74) is 1.06. The molecule has 1 aromatic carbocycles. The molecule has 2 bridgehead atoms. The smallest absolute Gasteiger partial charge is 0.424 e. The highest BCUT2D eigenvalue weighted by Crippen LogP contribution is 2.40. The molecule has 0 unspecified atom stereocenters. The lowest BCUT2D eigenvalue weighted by molar-refractivity contribution is -0.274. The van der Waals surface area contributed by atoms with E-state index in [-0.39, 0.29) is 17.8 Å². The topological polar surface area (TPSA) is 112 Å². The first-order chi connectivity index (χ1) is 18.8. The standard InChI is InChI=1S/C27H28F3N7O2/c28-27(29,30)39-19-7-5-18(6-8-19)24-14-34-26(38-24)36-21-4-2-1-3-20(21)35-22-9-16-10-23(22)37(15-16)25-32-12-17(11-31)13-33-25/h5-8,12-14,16,20-23,35H,1-4,9-10,15H2,(H,34,36)/t16-,20-,21-,22+,23-/m1/s1. The van der Waals surface area contributed by atoms with E-state index >= 15 is 0 Å². The summed E-state index contributed by atoms with van der Waals surface area (Å²) in [6.45, 7) is 0.934. The number of ether oxygens (including phenoxy) is 1. The number of piperidine rings is 1. The first-order valence-electron chi connectivity index (χ1n) is 13.2. The van der Waals surface area contributed by atoms with Gasteiger partial charge in [0.05, 0.1) is 24.2 Å². The molecule has 1 aliphatic heterocycles. The van der Waals surface area contributed by atoms with Gasteiger partial charge in [-0.1, -0.05) is 12.8 Å². The Morgan fingerprint density at radius 2 is 1.72 bits per heavy atom. The number of aromatic nitrogens is 3. The molecule has 2 N–H and O–H groups in total. The lowest BCUT2D eigenvalue weighted by atomic mass is 9.89. The third kappa shape index (κ3) is 5.63. The maximum atomic E-state index is 12.4. The van der Waals surface area contributed by atoms with E-state index in [1.54, 1.807) is 18.6 Å². The van der Waals surface area contributed by atoms with E-state index in [1.165, 1.54) is 24.3 Å². The van der Waals surface area contributed by atoms with Gasteiger partial charge in [0.15, 0.2) is 5.76 Å². The van der Waals surface area contributed by atoms with E-state index in [0.717, 1.165) is 45.1 Å². The fourth-order valence-corrected chi connectivity index (χ4v) is 6.19. The molecule has 0 radical (unpaired) electrons. The molecule has 1 saturated heterocycles. The quantitative estimate of drug-likeness (QED) is 0.434. The molecule has 3 fully saturated rings. The van der Waals surface area contributed by atoms with Crippen LogP contribution in [0.2, 0.25) is 0 Å². The van der Waals surface area contributed by atoms with Crippen molar-refractivity contribution in [3.8, 4) is 23.1 Å². The molecule has 2 aromatic heterocycles. The summed E-state index contributed by atoms with van der Waals surface area (Å²) in [4.78, 5) is 15.5. The average molecular weight is 540 g/mol. The van der Waals surface area contributed by atoms with E-state index < -0.39 is 6.36 Å². The molecule has 3 heterocycles. The number of alkyl halides is 3. The number of nitrogens with one attached hydrogen (secondary N) is 2. The largest absolute Gasteiger partial charge is 0.573 e. The maximum Gasteiger partial charge on any atom is 0.573 e. The van der Waals surface area contributed by atoms with Crippen LogP contribution in [0.15, 0.2) is 47.3 Å². The van der Waals surface area contributed by atoms with Gasteiger partial charge in [0.2, 0.25) is 5.95 Å². The molecule has 3 aromatic rings. The van der Waals surface area contributed by atoms with Crippen LogP contribution in [0.1, 0.15) is 44.1 Å². The van der Waals surface area contributed by atoms with Crippen molar-refractivity contribution in [3.05, 3.63) is 48.4 Å². The van der Waals surface area contributed by atoms with Gasteiger partial charge in [0.1, 0.15) is 11.8 Å². The van der Waals surface area contributed by atoms with Crippen LogP contribution < -0.4 is 20.3 Å². The highest BCUT2D eigenvalue weighted by Gasteiger charge is 2.47. The van der Waals surface area contributed by atoms with E-state index in [1.807, 2.05) is 0 Å². The number of fused-ring (bicyclic) bond motifs is 2. The summed E-state index contributed by atoms with van der Waals surface area (Å²) in [7, 11) is 0. The first kappa shape index (κ1) is 25.4. The number of nitrogens with zero attached hydrogens (tertiary/aromatic N) is 5. The lowest BCUT2D eigenvalue weighted by Crippen LogP contribution is -2.56. The Balaban J connectivity index is 1.10. The zero-order valence-electron chi connectivity index (χ0n) is 21.1. The predicted octanol–water partition coefficient (Wildman–Crippen LogP) is 4.88. The third-order valence-electron chi connectivity index (χ3n) is 7.89. The van der Waals surface area contributed by atoms with Crippen molar-refractivity contribution < 1.29 is 22.3 Å². The van der Waals surface area contributed by atoms with Crippen molar-refractivity contribution in [1.29, 1.82) is 5.26 Å². The highest BCUT2D eigenvalue weighted by atomic mass is 19.4. The fraction of sp³-hybridized carbons (Fsp3) is 0.481.